The summed E-state index contributed by atoms with van der Waals surface area (Å²) >= 11 is 0. The summed E-state index contributed by atoms with van der Waals surface area (Å²) in [7, 11) is 0. The zero-order valence-electron chi connectivity index (χ0n) is 12.6. The fourth-order valence-electron chi connectivity index (χ4n) is 2.73. The molecule has 0 unspecified atom stereocenters. The maximum atomic E-state index is 12.8. The topological polar surface area (TPSA) is 75.8 Å². The lowest BCUT2D eigenvalue weighted by Crippen LogP contribution is -2.41. The van der Waals surface area contributed by atoms with Crippen LogP contribution in [0.25, 0.3) is 0 Å². The van der Waals surface area contributed by atoms with Gasteiger partial charge in [-0.15, -0.1) is 0 Å². The fraction of sp³-hybridized carbons (Fsp3) is 0.562. The summed E-state index contributed by atoms with van der Waals surface area (Å²) in [5.41, 5.74) is 5.21. The Balaban J connectivity index is 1.66. The summed E-state index contributed by atoms with van der Waals surface area (Å²) in [6.07, 6.45) is 1.70. The number of nitrogens with two attached hydrogens (primary N) is 1. The minimum atomic E-state index is -0.599. The highest BCUT2D eigenvalue weighted by atomic mass is 19.1. The average molecular weight is 310 g/mol. The first-order chi connectivity index (χ1) is 10.5. The van der Waals surface area contributed by atoms with Crippen molar-refractivity contribution in [3.05, 3.63) is 30.1 Å². The highest BCUT2D eigenvalue weighted by Gasteiger charge is 2.22. The quantitative estimate of drug-likeness (QED) is 0.792. The number of aliphatic hydroxyl groups excluding tert-OH is 1. The minimum absolute atomic E-state index is 0.173. The highest BCUT2D eigenvalue weighted by Crippen LogP contribution is 2.20. The van der Waals surface area contributed by atoms with Crippen molar-refractivity contribution in [2.75, 3.05) is 26.2 Å². The molecule has 1 aliphatic rings. The predicted octanol–water partition coefficient (Wildman–Crippen LogP) is 1.15. The predicted molar refractivity (Wildman–Crippen MR) is 80.9 cm³/mol. The van der Waals surface area contributed by atoms with Crippen LogP contribution in [0.4, 0.5) is 4.39 Å². The Bertz CT molecular complexity index is 473. The average Bonchev–Trinajstić information content (AvgIpc) is 2.48. The van der Waals surface area contributed by atoms with Crippen LogP contribution in [0.2, 0.25) is 0 Å². The first-order valence-electron chi connectivity index (χ1n) is 7.60. The van der Waals surface area contributed by atoms with Gasteiger partial charge < -0.3 is 20.5 Å². The molecule has 0 spiro atoms. The van der Waals surface area contributed by atoms with Gasteiger partial charge in [0.15, 0.2) is 0 Å². The van der Waals surface area contributed by atoms with Crippen molar-refractivity contribution < 1.29 is 19.0 Å². The molecule has 1 atom stereocenters. The van der Waals surface area contributed by atoms with Crippen molar-refractivity contribution in [1.82, 2.24) is 4.90 Å². The van der Waals surface area contributed by atoms with E-state index in [1.54, 1.807) is 0 Å². The smallest absolute Gasteiger partial charge is 0.217 e. The van der Waals surface area contributed by atoms with Crippen LogP contribution in [0.3, 0.4) is 0 Å². The molecule has 0 saturated carbocycles. The highest BCUT2D eigenvalue weighted by molar-refractivity contribution is 5.73. The lowest BCUT2D eigenvalue weighted by Gasteiger charge is -2.32. The number of halogens is 1. The van der Waals surface area contributed by atoms with E-state index >= 15 is 0 Å². The van der Waals surface area contributed by atoms with Crippen LogP contribution >= 0.6 is 0 Å². The standard InChI is InChI=1S/C16H23FN2O3/c17-13-1-3-15(4-2-13)22-11-14(20)10-19-7-5-12(6-8-19)9-16(18)21/h1-4,12,14,20H,5-11H2,(H2,18,21)/t14-/m1/s1. The summed E-state index contributed by atoms with van der Waals surface area (Å²) in [4.78, 5) is 13.1. The van der Waals surface area contributed by atoms with Gasteiger partial charge in [0, 0.05) is 13.0 Å². The van der Waals surface area contributed by atoms with Crippen LogP contribution in [0, 0.1) is 11.7 Å². The summed E-state index contributed by atoms with van der Waals surface area (Å²) < 4.78 is 18.2. The number of nitrogens with zero attached hydrogens (tertiary/aromatic N) is 1. The number of ether oxygens (including phenoxy) is 1. The monoisotopic (exact) mass is 310 g/mol. The number of carbonyl (C=O) groups excluding carboxylic acids is 1. The molecule has 1 fully saturated rings. The Morgan fingerprint density at radius 3 is 2.59 bits per heavy atom. The lowest BCUT2D eigenvalue weighted by atomic mass is 9.93. The summed E-state index contributed by atoms with van der Waals surface area (Å²) in [6, 6.07) is 5.73. The van der Waals surface area contributed by atoms with Gasteiger partial charge in [0.1, 0.15) is 24.3 Å². The molecule has 0 aliphatic carbocycles. The number of carbonyl (C=O) groups is 1. The van der Waals surface area contributed by atoms with Crippen molar-refractivity contribution >= 4 is 5.91 Å². The number of piperidine rings is 1. The number of hydrogen-bond acceptors (Lipinski definition) is 4. The Hall–Kier alpha value is -1.66. The number of rotatable bonds is 7. The van der Waals surface area contributed by atoms with Crippen molar-refractivity contribution in [1.29, 1.82) is 0 Å². The second-order valence-electron chi connectivity index (χ2n) is 5.83. The van der Waals surface area contributed by atoms with E-state index in [4.69, 9.17) is 10.5 Å². The van der Waals surface area contributed by atoms with Gasteiger partial charge in [-0.2, -0.15) is 0 Å². The number of amides is 1. The largest absolute Gasteiger partial charge is 0.491 e. The maximum Gasteiger partial charge on any atom is 0.217 e. The van der Waals surface area contributed by atoms with Crippen LogP contribution in [0.1, 0.15) is 19.3 Å². The van der Waals surface area contributed by atoms with E-state index in [0.29, 0.717) is 24.6 Å². The maximum absolute atomic E-state index is 12.8. The fourth-order valence-corrected chi connectivity index (χ4v) is 2.73. The van der Waals surface area contributed by atoms with Crippen LogP contribution in [0.5, 0.6) is 5.75 Å². The van der Waals surface area contributed by atoms with Crippen molar-refractivity contribution in [2.24, 2.45) is 11.7 Å². The number of benzene rings is 1. The van der Waals surface area contributed by atoms with Crippen LogP contribution in [-0.4, -0.2) is 48.3 Å². The van der Waals surface area contributed by atoms with Crippen LogP contribution < -0.4 is 10.5 Å². The van der Waals surface area contributed by atoms with E-state index in [0.717, 1.165) is 25.9 Å². The third-order valence-electron chi connectivity index (χ3n) is 3.92. The van der Waals surface area contributed by atoms with E-state index < -0.39 is 6.10 Å². The second kappa shape index (κ2) is 8.10. The Kier molecular flexibility index (Phi) is 6.15. The van der Waals surface area contributed by atoms with E-state index in [2.05, 4.69) is 4.90 Å². The molecule has 0 radical (unpaired) electrons. The summed E-state index contributed by atoms with van der Waals surface area (Å²) in [5.74, 6) is 0.347. The number of primary amides is 1. The molecule has 3 N–H and O–H groups in total. The van der Waals surface area contributed by atoms with Crippen LogP contribution in [0.15, 0.2) is 24.3 Å². The molecule has 1 amide bonds. The van der Waals surface area contributed by atoms with Crippen molar-refractivity contribution in [3.8, 4) is 5.75 Å². The Labute approximate surface area is 129 Å². The van der Waals surface area contributed by atoms with Gasteiger partial charge in [-0.3, -0.25) is 4.79 Å². The normalized spacial score (nSPS) is 18.1. The van der Waals surface area contributed by atoms with Gasteiger partial charge in [0.2, 0.25) is 5.91 Å². The zero-order valence-corrected chi connectivity index (χ0v) is 12.6. The number of hydrogen-bond donors (Lipinski definition) is 2. The molecule has 1 aromatic rings. The zero-order chi connectivity index (χ0) is 15.9. The molecular formula is C16H23FN2O3. The molecule has 1 aromatic carbocycles. The number of likely N-dealkylation sites (tertiary alicyclic amines) is 1. The van der Waals surface area contributed by atoms with Gasteiger partial charge in [-0.05, 0) is 56.1 Å². The van der Waals surface area contributed by atoms with E-state index in [1.807, 2.05) is 0 Å². The third kappa shape index (κ3) is 5.61. The molecule has 6 heteroatoms. The Morgan fingerprint density at radius 1 is 1.36 bits per heavy atom. The van der Waals surface area contributed by atoms with Crippen LogP contribution in [-0.2, 0) is 4.79 Å². The van der Waals surface area contributed by atoms with E-state index in [9.17, 15) is 14.3 Å². The van der Waals surface area contributed by atoms with Gasteiger partial charge in [-0.25, -0.2) is 4.39 Å². The Morgan fingerprint density at radius 2 is 2.00 bits per heavy atom. The molecule has 2 rings (SSSR count). The molecule has 22 heavy (non-hydrogen) atoms. The molecule has 1 heterocycles. The molecule has 5 nitrogen and oxygen atoms in total. The summed E-state index contributed by atoms with van der Waals surface area (Å²) in [5, 5.41) is 10.0. The van der Waals surface area contributed by atoms with Gasteiger partial charge in [0.25, 0.3) is 0 Å². The van der Waals surface area contributed by atoms with E-state index in [1.165, 1.54) is 24.3 Å². The molecular weight excluding hydrogens is 287 g/mol. The molecule has 1 aliphatic heterocycles. The van der Waals surface area contributed by atoms with E-state index in [-0.39, 0.29) is 18.3 Å². The summed E-state index contributed by atoms with van der Waals surface area (Å²) in [6.45, 7) is 2.41. The lowest BCUT2D eigenvalue weighted by molar-refractivity contribution is -0.119. The third-order valence-corrected chi connectivity index (χ3v) is 3.92. The molecule has 1 saturated heterocycles. The first-order valence-corrected chi connectivity index (χ1v) is 7.60. The van der Waals surface area contributed by atoms with Gasteiger partial charge in [-0.1, -0.05) is 0 Å². The molecule has 0 bridgehead atoms. The molecule has 122 valence electrons. The SMILES string of the molecule is NC(=O)CC1CCN(C[C@@H](O)COc2ccc(F)cc2)CC1. The van der Waals surface area contributed by atoms with Gasteiger partial charge >= 0.3 is 0 Å². The number of β-amino-alcohol motifs (C(OH)–C–C–N with tert-alkyl or cyclic N) is 1. The number of aliphatic hydroxyl groups is 1. The van der Waals surface area contributed by atoms with Gasteiger partial charge in [0.05, 0.1) is 0 Å². The first kappa shape index (κ1) is 16.7. The van der Waals surface area contributed by atoms with Crippen molar-refractivity contribution in [2.45, 2.75) is 25.4 Å². The van der Waals surface area contributed by atoms with Crippen molar-refractivity contribution in [3.63, 3.8) is 0 Å². The molecule has 0 aromatic heterocycles. The second-order valence-corrected chi connectivity index (χ2v) is 5.83. The minimum Gasteiger partial charge on any atom is -0.491 e.